The second-order valence-corrected chi connectivity index (χ2v) is 7.81. The quantitative estimate of drug-likeness (QED) is 0.537. The minimum atomic E-state index is 0. The molecule has 0 aliphatic carbocycles. The van der Waals surface area contributed by atoms with Crippen molar-refractivity contribution >= 4 is 29.1 Å². The van der Waals surface area contributed by atoms with Crippen molar-refractivity contribution in [3.8, 4) is 16.9 Å². The number of ether oxygens (including phenoxy) is 1. The van der Waals surface area contributed by atoms with Crippen molar-refractivity contribution in [2.24, 2.45) is 0 Å². The summed E-state index contributed by atoms with van der Waals surface area (Å²) in [6.45, 7) is 7.73. The van der Waals surface area contributed by atoms with E-state index in [2.05, 4.69) is 61.3 Å². The number of carbonyl (C=O) groups excluding carboxylic acids is 1. The van der Waals surface area contributed by atoms with Crippen LogP contribution < -0.4 is 4.74 Å². The first-order valence-electron chi connectivity index (χ1n) is 10.5. The lowest BCUT2D eigenvalue weighted by molar-refractivity contribution is -0.132. The maximum Gasteiger partial charge on any atom is 0.222 e. The van der Waals surface area contributed by atoms with E-state index in [4.69, 9.17) is 4.74 Å². The zero-order chi connectivity index (χ0) is 20.4. The van der Waals surface area contributed by atoms with E-state index in [0.29, 0.717) is 6.42 Å². The molecule has 1 aliphatic heterocycles. The Bertz CT molecular complexity index is 1030. The number of aromatic nitrogens is 1. The van der Waals surface area contributed by atoms with Gasteiger partial charge in [-0.05, 0) is 54.1 Å². The van der Waals surface area contributed by atoms with Crippen molar-refractivity contribution in [2.45, 2.75) is 46.1 Å². The molecule has 0 spiro atoms. The van der Waals surface area contributed by atoms with Crippen molar-refractivity contribution in [2.75, 3.05) is 13.1 Å². The third-order valence-corrected chi connectivity index (χ3v) is 5.98. The van der Waals surface area contributed by atoms with Gasteiger partial charge in [0.1, 0.15) is 11.9 Å². The number of carbonyl (C=O) groups is 1. The van der Waals surface area contributed by atoms with E-state index >= 15 is 0 Å². The van der Waals surface area contributed by atoms with Crippen molar-refractivity contribution in [1.29, 1.82) is 0 Å². The van der Waals surface area contributed by atoms with Gasteiger partial charge in [0, 0.05) is 49.6 Å². The molecular weight excluding hydrogens is 396 g/mol. The van der Waals surface area contributed by atoms with E-state index in [1.165, 1.54) is 27.5 Å². The smallest absolute Gasteiger partial charge is 0.222 e. The van der Waals surface area contributed by atoms with Crippen molar-refractivity contribution in [3.05, 3.63) is 59.9 Å². The summed E-state index contributed by atoms with van der Waals surface area (Å²) in [5.41, 5.74) is 4.76. The number of piperidine rings is 1. The fourth-order valence-corrected chi connectivity index (χ4v) is 4.22. The molecule has 0 radical (unpaired) electrons. The fourth-order valence-electron chi connectivity index (χ4n) is 4.22. The summed E-state index contributed by atoms with van der Waals surface area (Å²) in [6.07, 6.45) is 4.43. The Balaban J connectivity index is 0.00000256. The van der Waals surface area contributed by atoms with Gasteiger partial charge in [0.05, 0.1) is 0 Å². The molecule has 30 heavy (non-hydrogen) atoms. The largest absolute Gasteiger partial charge is 0.490 e. The van der Waals surface area contributed by atoms with Gasteiger partial charge in [-0.25, -0.2) is 0 Å². The molecule has 1 aromatic heterocycles. The van der Waals surface area contributed by atoms with E-state index in [9.17, 15) is 4.79 Å². The van der Waals surface area contributed by atoms with Gasteiger partial charge in [0.15, 0.2) is 0 Å². The van der Waals surface area contributed by atoms with Gasteiger partial charge in [-0.15, -0.1) is 12.4 Å². The third-order valence-electron chi connectivity index (χ3n) is 5.98. The number of likely N-dealkylation sites (tertiary alicyclic amines) is 1. The van der Waals surface area contributed by atoms with Crippen LogP contribution in [-0.2, 0) is 4.79 Å². The van der Waals surface area contributed by atoms with E-state index in [1.807, 2.05) is 18.0 Å². The zero-order valence-corrected chi connectivity index (χ0v) is 18.7. The van der Waals surface area contributed by atoms with Gasteiger partial charge in [0.2, 0.25) is 5.91 Å². The van der Waals surface area contributed by atoms with Gasteiger partial charge in [-0.2, -0.15) is 0 Å². The summed E-state index contributed by atoms with van der Waals surface area (Å²) >= 11 is 0. The van der Waals surface area contributed by atoms with Gasteiger partial charge in [-0.1, -0.05) is 31.2 Å². The first kappa shape index (κ1) is 22.1. The lowest BCUT2D eigenvalue weighted by Gasteiger charge is -2.32. The van der Waals surface area contributed by atoms with Crippen LogP contribution in [0.3, 0.4) is 0 Å². The lowest BCUT2D eigenvalue weighted by atomic mass is 9.95. The summed E-state index contributed by atoms with van der Waals surface area (Å²) in [6, 6.07) is 14.8. The number of fused-ring (bicyclic) bond motifs is 1. The van der Waals surface area contributed by atoms with E-state index in [0.717, 1.165) is 37.4 Å². The van der Waals surface area contributed by atoms with Crippen LogP contribution in [0, 0.1) is 13.8 Å². The summed E-state index contributed by atoms with van der Waals surface area (Å²) in [7, 11) is 0. The molecule has 0 saturated carbocycles. The predicted octanol–water partition coefficient (Wildman–Crippen LogP) is 5.72. The number of nitrogens with zero attached hydrogens (tertiary/aromatic N) is 2. The van der Waals surface area contributed by atoms with Gasteiger partial charge in [-0.3, -0.25) is 9.78 Å². The normalized spacial score (nSPS) is 14.4. The molecule has 1 aliphatic rings. The van der Waals surface area contributed by atoms with Gasteiger partial charge in [0.25, 0.3) is 0 Å². The zero-order valence-electron chi connectivity index (χ0n) is 17.9. The van der Waals surface area contributed by atoms with E-state index < -0.39 is 0 Å². The third kappa shape index (κ3) is 4.44. The highest BCUT2D eigenvalue weighted by Crippen LogP contribution is 2.32. The molecule has 0 unspecified atom stereocenters. The van der Waals surface area contributed by atoms with E-state index in [-0.39, 0.29) is 24.4 Å². The second kappa shape index (κ2) is 9.48. The number of benzene rings is 2. The molecule has 1 amide bonds. The molecule has 4 nitrogen and oxygen atoms in total. The molecule has 1 saturated heterocycles. The molecule has 5 heteroatoms. The highest BCUT2D eigenvalue weighted by Gasteiger charge is 2.23. The Labute approximate surface area is 184 Å². The number of amides is 1. The summed E-state index contributed by atoms with van der Waals surface area (Å²) in [5.74, 6) is 1.14. The Hall–Kier alpha value is -2.59. The van der Waals surface area contributed by atoms with E-state index in [1.54, 1.807) is 0 Å². The second-order valence-electron chi connectivity index (χ2n) is 7.81. The topological polar surface area (TPSA) is 42.4 Å². The van der Waals surface area contributed by atoms with Crippen LogP contribution in [0.5, 0.6) is 5.75 Å². The van der Waals surface area contributed by atoms with Crippen LogP contribution >= 0.6 is 12.4 Å². The van der Waals surface area contributed by atoms with Crippen LogP contribution in [0.15, 0.2) is 48.7 Å². The molecule has 4 rings (SSSR count). The number of rotatable bonds is 4. The molecule has 0 atom stereocenters. The summed E-state index contributed by atoms with van der Waals surface area (Å²) < 4.78 is 6.18. The van der Waals surface area contributed by atoms with Crippen molar-refractivity contribution in [1.82, 2.24) is 9.88 Å². The maximum atomic E-state index is 11.8. The molecule has 0 N–H and O–H groups in total. The minimum absolute atomic E-state index is 0. The highest BCUT2D eigenvalue weighted by atomic mass is 35.5. The molecular formula is C25H29ClN2O2. The molecule has 2 aromatic carbocycles. The number of aryl methyl sites for hydroxylation is 2. The van der Waals surface area contributed by atoms with Gasteiger partial charge >= 0.3 is 0 Å². The van der Waals surface area contributed by atoms with Crippen molar-refractivity contribution < 1.29 is 9.53 Å². The standard InChI is InChI=1S/C25H28N2O2.ClH/c1-4-25(28)27-15-12-21(13-16-27)29-20-7-5-19(6-8-20)22-9-10-24-18(3)26-14-11-23(24)17(22)2;/h5-11,14,21H,4,12-13,15-16H2,1-3H3;1H. The Morgan fingerprint density at radius 2 is 1.73 bits per heavy atom. The number of pyridine rings is 1. The van der Waals surface area contributed by atoms with Crippen LogP contribution in [-0.4, -0.2) is 35.0 Å². The predicted molar refractivity (Wildman–Crippen MR) is 124 cm³/mol. The van der Waals surface area contributed by atoms with Crippen LogP contribution in [0.25, 0.3) is 21.9 Å². The molecule has 158 valence electrons. The molecule has 2 heterocycles. The Kier molecular flexibility index (Phi) is 6.99. The first-order chi connectivity index (χ1) is 14.1. The lowest BCUT2D eigenvalue weighted by Crippen LogP contribution is -2.41. The van der Waals surface area contributed by atoms with Crippen molar-refractivity contribution in [3.63, 3.8) is 0 Å². The fraction of sp³-hybridized carbons (Fsp3) is 0.360. The minimum Gasteiger partial charge on any atom is -0.490 e. The Morgan fingerprint density at radius 1 is 1.03 bits per heavy atom. The average Bonchev–Trinajstić information content (AvgIpc) is 2.75. The highest BCUT2D eigenvalue weighted by molar-refractivity contribution is 5.92. The van der Waals surface area contributed by atoms with Crippen LogP contribution in [0.4, 0.5) is 0 Å². The molecule has 1 fully saturated rings. The Morgan fingerprint density at radius 3 is 2.40 bits per heavy atom. The number of hydrogen-bond donors (Lipinski definition) is 0. The maximum absolute atomic E-state index is 11.8. The monoisotopic (exact) mass is 424 g/mol. The molecule has 3 aromatic rings. The summed E-state index contributed by atoms with van der Waals surface area (Å²) in [4.78, 5) is 18.2. The SMILES string of the molecule is CCC(=O)N1CCC(Oc2ccc(-c3ccc4c(C)nccc4c3C)cc2)CC1.Cl. The number of halogens is 1. The van der Waals surface area contributed by atoms with Crippen LogP contribution in [0.1, 0.15) is 37.4 Å². The average molecular weight is 425 g/mol. The summed E-state index contributed by atoms with van der Waals surface area (Å²) in [5, 5.41) is 2.46. The van der Waals surface area contributed by atoms with Crippen LogP contribution in [0.2, 0.25) is 0 Å². The first-order valence-corrected chi connectivity index (χ1v) is 10.5. The van der Waals surface area contributed by atoms with Gasteiger partial charge < -0.3 is 9.64 Å². The number of hydrogen-bond acceptors (Lipinski definition) is 3. The molecule has 0 bridgehead atoms.